The molecule has 1 unspecified atom stereocenters. The summed E-state index contributed by atoms with van der Waals surface area (Å²) >= 11 is 0. The van der Waals surface area contributed by atoms with Crippen molar-refractivity contribution < 1.29 is 9.53 Å². The largest absolute Gasteiger partial charge is 0.466 e. The van der Waals surface area contributed by atoms with Crippen molar-refractivity contribution in [3.63, 3.8) is 0 Å². The van der Waals surface area contributed by atoms with Gasteiger partial charge in [-0.25, -0.2) is 4.79 Å². The van der Waals surface area contributed by atoms with Gasteiger partial charge < -0.3 is 4.74 Å². The lowest BCUT2D eigenvalue weighted by Gasteiger charge is -2.34. The van der Waals surface area contributed by atoms with Crippen LogP contribution in [0.1, 0.15) is 39.5 Å². The van der Waals surface area contributed by atoms with Gasteiger partial charge in [0.1, 0.15) is 0 Å². The Bertz CT molecular complexity index is 261. The van der Waals surface area contributed by atoms with Crippen LogP contribution in [0.2, 0.25) is 0 Å². The van der Waals surface area contributed by atoms with E-state index in [0.717, 1.165) is 13.1 Å². The number of carbonyl (C=O) groups excluding carboxylic acids is 1. The number of likely N-dealkylation sites (tertiary alicyclic amines) is 1. The fourth-order valence-electron chi connectivity index (χ4n) is 2.26. The number of piperidine rings is 1. The highest BCUT2D eigenvalue weighted by Gasteiger charge is 2.19. The Morgan fingerprint density at radius 2 is 2.25 bits per heavy atom. The standard InChI is InChI=1S/C13H23NO2/c1-4-12-7-5-6-9-14(12)10-8-11(2)13(15)16-3/h8,12H,4-7,9-10H2,1-3H3. The summed E-state index contributed by atoms with van der Waals surface area (Å²) in [5.41, 5.74) is 0.711. The highest BCUT2D eigenvalue weighted by molar-refractivity contribution is 5.87. The Morgan fingerprint density at radius 3 is 2.88 bits per heavy atom. The van der Waals surface area contributed by atoms with E-state index in [9.17, 15) is 4.79 Å². The maximum atomic E-state index is 11.2. The molecule has 1 aliphatic heterocycles. The zero-order valence-corrected chi connectivity index (χ0v) is 10.7. The molecule has 1 heterocycles. The van der Waals surface area contributed by atoms with E-state index in [0.29, 0.717) is 11.6 Å². The normalized spacial score (nSPS) is 23.2. The minimum Gasteiger partial charge on any atom is -0.466 e. The van der Waals surface area contributed by atoms with Crippen LogP contribution in [0.4, 0.5) is 0 Å². The Labute approximate surface area is 98.5 Å². The first-order valence-corrected chi connectivity index (χ1v) is 6.18. The molecule has 0 aromatic carbocycles. The van der Waals surface area contributed by atoms with E-state index < -0.39 is 0 Å². The SMILES string of the molecule is CCC1CCCCN1CC=C(C)C(=O)OC. The summed E-state index contributed by atoms with van der Waals surface area (Å²) in [4.78, 5) is 13.7. The summed E-state index contributed by atoms with van der Waals surface area (Å²) in [7, 11) is 1.43. The third kappa shape index (κ3) is 3.63. The molecular formula is C13H23NO2. The molecule has 1 atom stereocenters. The molecule has 1 rings (SSSR count). The number of ether oxygens (including phenoxy) is 1. The Kier molecular flexibility index (Phi) is 5.53. The number of hydrogen-bond donors (Lipinski definition) is 0. The van der Waals surface area contributed by atoms with Crippen LogP contribution >= 0.6 is 0 Å². The Hall–Kier alpha value is -0.830. The number of carbonyl (C=O) groups is 1. The Morgan fingerprint density at radius 1 is 1.50 bits per heavy atom. The smallest absolute Gasteiger partial charge is 0.333 e. The maximum Gasteiger partial charge on any atom is 0.333 e. The average molecular weight is 225 g/mol. The average Bonchev–Trinajstić information content (AvgIpc) is 2.35. The van der Waals surface area contributed by atoms with Gasteiger partial charge in [0.05, 0.1) is 7.11 Å². The van der Waals surface area contributed by atoms with Crippen LogP contribution in [-0.2, 0) is 9.53 Å². The summed E-state index contributed by atoms with van der Waals surface area (Å²) in [5, 5.41) is 0. The van der Waals surface area contributed by atoms with Gasteiger partial charge >= 0.3 is 5.97 Å². The molecule has 0 aromatic heterocycles. The van der Waals surface area contributed by atoms with Crippen LogP contribution in [0.5, 0.6) is 0 Å². The minimum absolute atomic E-state index is 0.218. The zero-order valence-electron chi connectivity index (χ0n) is 10.7. The van der Waals surface area contributed by atoms with Crippen molar-refractivity contribution in [3.8, 4) is 0 Å². The van der Waals surface area contributed by atoms with Gasteiger partial charge in [-0.05, 0) is 32.7 Å². The monoisotopic (exact) mass is 225 g/mol. The molecule has 0 spiro atoms. The van der Waals surface area contributed by atoms with E-state index in [1.807, 2.05) is 13.0 Å². The quantitative estimate of drug-likeness (QED) is 0.543. The van der Waals surface area contributed by atoms with Gasteiger partial charge in [-0.2, -0.15) is 0 Å². The van der Waals surface area contributed by atoms with Gasteiger partial charge in [-0.1, -0.05) is 19.4 Å². The maximum absolute atomic E-state index is 11.2. The summed E-state index contributed by atoms with van der Waals surface area (Å²) in [6.45, 7) is 6.08. The second kappa shape index (κ2) is 6.69. The first-order chi connectivity index (χ1) is 7.69. The lowest BCUT2D eigenvalue weighted by atomic mass is 10.00. The van der Waals surface area contributed by atoms with Gasteiger partial charge in [0.15, 0.2) is 0 Å². The number of esters is 1. The van der Waals surface area contributed by atoms with Crippen LogP contribution < -0.4 is 0 Å². The molecule has 3 heteroatoms. The summed E-state index contributed by atoms with van der Waals surface area (Å²) in [6, 6.07) is 0.690. The molecule has 16 heavy (non-hydrogen) atoms. The Balaban J connectivity index is 2.48. The van der Waals surface area contributed by atoms with E-state index in [4.69, 9.17) is 0 Å². The molecular weight excluding hydrogens is 202 g/mol. The van der Waals surface area contributed by atoms with E-state index in [-0.39, 0.29) is 5.97 Å². The van der Waals surface area contributed by atoms with Gasteiger partial charge in [0.25, 0.3) is 0 Å². The van der Waals surface area contributed by atoms with Crippen molar-refractivity contribution in [3.05, 3.63) is 11.6 Å². The lowest BCUT2D eigenvalue weighted by molar-refractivity contribution is -0.136. The molecule has 0 aromatic rings. The van der Waals surface area contributed by atoms with E-state index in [2.05, 4.69) is 16.6 Å². The van der Waals surface area contributed by atoms with Crippen molar-refractivity contribution in [1.82, 2.24) is 4.90 Å². The first-order valence-electron chi connectivity index (χ1n) is 6.18. The predicted molar refractivity (Wildman–Crippen MR) is 65.3 cm³/mol. The van der Waals surface area contributed by atoms with Crippen molar-refractivity contribution in [2.45, 2.75) is 45.6 Å². The van der Waals surface area contributed by atoms with Crippen molar-refractivity contribution >= 4 is 5.97 Å². The second-order valence-corrected chi connectivity index (χ2v) is 4.43. The van der Waals surface area contributed by atoms with Crippen LogP contribution in [0.15, 0.2) is 11.6 Å². The zero-order chi connectivity index (χ0) is 12.0. The fraction of sp³-hybridized carbons (Fsp3) is 0.769. The van der Waals surface area contributed by atoms with Crippen molar-refractivity contribution in [1.29, 1.82) is 0 Å². The molecule has 92 valence electrons. The third-order valence-electron chi connectivity index (χ3n) is 3.36. The minimum atomic E-state index is -0.218. The predicted octanol–water partition coefficient (Wildman–Crippen LogP) is 2.37. The molecule has 0 radical (unpaired) electrons. The van der Waals surface area contributed by atoms with Crippen LogP contribution in [0.3, 0.4) is 0 Å². The van der Waals surface area contributed by atoms with Crippen LogP contribution in [-0.4, -0.2) is 37.1 Å². The topological polar surface area (TPSA) is 29.5 Å². The van der Waals surface area contributed by atoms with Gasteiger partial charge in [-0.3, -0.25) is 4.90 Å². The molecule has 0 aliphatic carbocycles. The summed E-state index contributed by atoms with van der Waals surface area (Å²) in [6.07, 6.45) is 7.10. The van der Waals surface area contributed by atoms with E-state index >= 15 is 0 Å². The fourth-order valence-corrected chi connectivity index (χ4v) is 2.26. The summed E-state index contributed by atoms with van der Waals surface area (Å²) in [5.74, 6) is -0.218. The molecule has 1 aliphatic rings. The van der Waals surface area contributed by atoms with Gasteiger partial charge in [-0.15, -0.1) is 0 Å². The van der Waals surface area contributed by atoms with E-state index in [1.165, 1.54) is 32.8 Å². The molecule has 1 fully saturated rings. The van der Waals surface area contributed by atoms with Gasteiger partial charge in [0, 0.05) is 18.2 Å². The molecule has 0 amide bonds. The number of nitrogens with zero attached hydrogens (tertiary/aromatic N) is 1. The number of methoxy groups -OCH3 is 1. The number of rotatable bonds is 4. The molecule has 0 saturated carbocycles. The van der Waals surface area contributed by atoms with E-state index in [1.54, 1.807) is 0 Å². The van der Waals surface area contributed by atoms with Crippen LogP contribution in [0, 0.1) is 0 Å². The van der Waals surface area contributed by atoms with Crippen LogP contribution in [0.25, 0.3) is 0 Å². The van der Waals surface area contributed by atoms with Crippen molar-refractivity contribution in [2.75, 3.05) is 20.2 Å². The first kappa shape index (κ1) is 13.2. The third-order valence-corrected chi connectivity index (χ3v) is 3.36. The molecule has 1 saturated heterocycles. The second-order valence-electron chi connectivity index (χ2n) is 4.43. The highest BCUT2D eigenvalue weighted by Crippen LogP contribution is 2.19. The molecule has 0 N–H and O–H groups in total. The molecule has 0 bridgehead atoms. The van der Waals surface area contributed by atoms with Crippen molar-refractivity contribution in [2.24, 2.45) is 0 Å². The highest BCUT2D eigenvalue weighted by atomic mass is 16.5. The molecule has 3 nitrogen and oxygen atoms in total. The number of hydrogen-bond acceptors (Lipinski definition) is 3. The van der Waals surface area contributed by atoms with Gasteiger partial charge in [0.2, 0.25) is 0 Å². The lowest BCUT2D eigenvalue weighted by Crippen LogP contribution is -2.39. The summed E-state index contributed by atoms with van der Waals surface area (Å²) < 4.78 is 4.68.